The molecule has 100 valence electrons. The summed E-state index contributed by atoms with van der Waals surface area (Å²) in [5.74, 6) is -0.506. The van der Waals surface area contributed by atoms with Crippen LogP contribution in [0.25, 0.3) is 0 Å². The summed E-state index contributed by atoms with van der Waals surface area (Å²) in [4.78, 5) is 2.31. The van der Waals surface area contributed by atoms with E-state index < -0.39 is 11.6 Å². The Morgan fingerprint density at radius 2 is 1.72 bits per heavy atom. The monoisotopic (exact) mass is 254 g/mol. The van der Waals surface area contributed by atoms with Crippen LogP contribution in [0.15, 0.2) is 18.2 Å². The third-order valence-electron chi connectivity index (χ3n) is 3.73. The van der Waals surface area contributed by atoms with Crippen molar-refractivity contribution in [1.29, 1.82) is 0 Å². The Bertz CT molecular complexity index is 381. The lowest BCUT2D eigenvalue weighted by Gasteiger charge is -2.33. The highest BCUT2D eigenvalue weighted by molar-refractivity contribution is 5.44. The quantitative estimate of drug-likeness (QED) is 0.891. The molecule has 1 heterocycles. The number of rotatable bonds is 3. The number of hydrogen-bond donors (Lipinski definition) is 1. The van der Waals surface area contributed by atoms with Gasteiger partial charge in [-0.1, -0.05) is 0 Å². The van der Waals surface area contributed by atoms with Gasteiger partial charge in [-0.25, -0.2) is 8.78 Å². The number of nitrogens with zero attached hydrogens (tertiary/aromatic N) is 1. The third kappa shape index (κ3) is 3.42. The minimum absolute atomic E-state index is 0.236. The van der Waals surface area contributed by atoms with E-state index in [0.717, 1.165) is 32.0 Å². The zero-order valence-electron chi connectivity index (χ0n) is 10.9. The minimum Gasteiger partial charge on any atom is -0.382 e. The van der Waals surface area contributed by atoms with Gasteiger partial charge in [0, 0.05) is 17.8 Å². The normalized spacial score (nSPS) is 19.8. The highest BCUT2D eigenvalue weighted by atomic mass is 19.1. The molecule has 2 rings (SSSR count). The van der Waals surface area contributed by atoms with Gasteiger partial charge in [0.2, 0.25) is 0 Å². The minimum atomic E-state index is -0.534. The van der Waals surface area contributed by atoms with Crippen LogP contribution in [0, 0.1) is 17.6 Å². The number of benzene rings is 1. The second-order valence-corrected chi connectivity index (χ2v) is 5.23. The average Bonchev–Trinajstić information content (AvgIpc) is 2.28. The van der Waals surface area contributed by atoms with Crippen molar-refractivity contribution in [2.45, 2.75) is 25.8 Å². The predicted molar refractivity (Wildman–Crippen MR) is 69.7 cm³/mol. The van der Waals surface area contributed by atoms with Crippen molar-refractivity contribution in [2.75, 3.05) is 25.5 Å². The van der Waals surface area contributed by atoms with E-state index in [2.05, 4.69) is 24.2 Å². The molecule has 1 unspecified atom stereocenters. The fraction of sp³-hybridized carbons (Fsp3) is 0.571. The fourth-order valence-corrected chi connectivity index (χ4v) is 2.55. The number of hydrogen-bond acceptors (Lipinski definition) is 2. The molecule has 0 saturated carbocycles. The van der Waals surface area contributed by atoms with Gasteiger partial charge in [-0.15, -0.1) is 0 Å². The first kappa shape index (κ1) is 13.3. The number of anilines is 1. The summed E-state index contributed by atoms with van der Waals surface area (Å²) in [5, 5.41) is 3.21. The second-order valence-electron chi connectivity index (χ2n) is 5.23. The molecule has 1 saturated heterocycles. The number of likely N-dealkylation sites (tertiary alicyclic amines) is 1. The molecule has 0 bridgehead atoms. The van der Waals surface area contributed by atoms with Crippen LogP contribution in [0.2, 0.25) is 0 Å². The van der Waals surface area contributed by atoms with E-state index in [-0.39, 0.29) is 6.04 Å². The molecule has 1 aromatic rings. The standard InChI is InChI=1S/C14H20F2N2/c1-10(11-3-5-18(2)6-4-11)17-14-8-12(15)7-13(16)9-14/h7-11,17H,3-6H2,1-2H3. The molecular formula is C14H20F2N2. The molecule has 1 N–H and O–H groups in total. The summed E-state index contributed by atoms with van der Waals surface area (Å²) in [6.07, 6.45) is 2.25. The SMILES string of the molecule is CC(Nc1cc(F)cc(F)c1)C1CCN(C)CC1. The number of halogens is 2. The molecule has 0 amide bonds. The summed E-state index contributed by atoms with van der Waals surface area (Å²) in [7, 11) is 2.12. The zero-order valence-corrected chi connectivity index (χ0v) is 10.9. The number of nitrogens with one attached hydrogen (secondary N) is 1. The van der Waals surface area contributed by atoms with Gasteiger partial charge in [0.05, 0.1) is 0 Å². The Hall–Kier alpha value is -1.16. The lowest BCUT2D eigenvalue weighted by atomic mass is 9.90. The first-order valence-corrected chi connectivity index (χ1v) is 6.46. The second kappa shape index (κ2) is 5.65. The first-order chi connectivity index (χ1) is 8.54. The lowest BCUT2D eigenvalue weighted by Crippen LogP contribution is -2.37. The van der Waals surface area contributed by atoms with Crippen LogP contribution >= 0.6 is 0 Å². The van der Waals surface area contributed by atoms with E-state index in [1.165, 1.54) is 12.1 Å². The van der Waals surface area contributed by atoms with Crippen LogP contribution in [0.4, 0.5) is 14.5 Å². The summed E-state index contributed by atoms with van der Waals surface area (Å²) < 4.78 is 26.2. The summed E-state index contributed by atoms with van der Waals surface area (Å²) >= 11 is 0. The predicted octanol–water partition coefficient (Wildman–Crippen LogP) is 3.11. The van der Waals surface area contributed by atoms with Gasteiger partial charge in [-0.3, -0.25) is 0 Å². The van der Waals surface area contributed by atoms with Crippen LogP contribution in [-0.4, -0.2) is 31.1 Å². The highest BCUT2D eigenvalue weighted by Crippen LogP contribution is 2.23. The van der Waals surface area contributed by atoms with Crippen LogP contribution in [0.1, 0.15) is 19.8 Å². The molecule has 2 nitrogen and oxygen atoms in total. The van der Waals surface area contributed by atoms with E-state index in [1.807, 2.05) is 0 Å². The van der Waals surface area contributed by atoms with Crippen LogP contribution in [0.5, 0.6) is 0 Å². The molecule has 4 heteroatoms. The molecule has 1 aliphatic rings. The van der Waals surface area contributed by atoms with E-state index in [4.69, 9.17) is 0 Å². The van der Waals surface area contributed by atoms with Gasteiger partial charge < -0.3 is 10.2 Å². The van der Waals surface area contributed by atoms with Gasteiger partial charge in [0.15, 0.2) is 0 Å². The van der Waals surface area contributed by atoms with Crippen LogP contribution in [0.3, 0.4) is 0 Å². The maximum atomic E-state index is 13.1. The lowest BCUT2D eigenvalue weighted by molar-refractivity contribution is 0.208. The van der Waals surface area contributed by atoms with Crippen molar-refractivity contribution in [1.82, 2.24) is 4.90 Å². The Morgan fingerprint density at radius 3 is 2.28 bits per heavy atom. The largest absolute Gasteiger partial charge is 0.382 e. The van der Waals surface area contributed by atoms with Gasteiger partial charge in [-0.2, -0.15) is 0 Å². The van der Waals surface area contributed by atoms with Crippen molar-refractivity contribution in [3.63, 3.8) is 0 Å². The average molecular weight is 254 g/mol. The zero-order chi connectivity index (χ0) is 13.1. The van der Waals surface area contributed by atoms with Crippen molar-refractivity contribution in [3.05, 3.63) is 29.8 Å². The Labute approximate surface area is 107 Å². The van der Waals surface area contributed by atoms with Crippen LogP contribution in [-0.2, 0) is 0 Å². The maximum Gasteiger partial charge on any atom is 0.128 e. The van der Waals surface area contributed by atoms with E-state index >= 15 is 0 Å². The van der Waals surface area contributed by atoms with Crippen molar-refractivity contribution < 1.29 is 8.78 Å². The van der Waals surface area contributed by atoms with Gasteiger partial charge in [0.1, 0.15) is 11.6 Å². The van der Waals surface area contributed by atoms with Gasteiger partial charge >= 0.3 is 0 Å². The Balaban J connectivity index is 1.96. The molecule has 0 spiro atoms. The summed E-state index contributed by atoms with van der Waals surface area (Å²) in [6.45, 7) is 4.27. The first-order valence-electron chi connectivity index (χ1n) is 6.46. The summed E-state index contributed by atoms with van der Waals surface area (Å²) in [5.41, 5.74) is 0.527. The molecule has 1 atom stereocenters. The molecule has 1 fully saturated rings. The fourth-order valence-electron chi connectivity index (χ4n) is 2.55. The highest BCUT2D eigenvalue weighted by Gasteiger charge is 2.22. The molecular weight excluding hydrogens is 234 g/mol. The molecule has 0 radical (unpaired) electrons. The van der Waals surface area contributed by atoms with Crippen molar-refractivity contribution in [2.24, 2.45) is 5.92 Å². The van der Waals surface area contributed by atoms with E-state index in [9.17, 15) is 8.78 Å². The topological polar surface area (TPSA) is 15.3 Å². The van der Waals surface area contributed by atoms with Gasteiger partial charge in [-0.05, 0) is 58.0 Å². The molecule has 0 aromatic heterocycles. The summed E-state index contributed by atoms with van der Waals surface area (Å²) in [6, 6.07) is 3.81. The third-order valence-corrected chi connectivity index (χ3v) is 3.73. The van der Waals surface area contributed by atoms with Gasteiger partial charge in [0.25, 0.3) is 0 Å². The van der Waals surface area contributed by atoms with E-state index in [1.54, 1.807) is 0 Å². The number of piperidine rings is 1. The molecule has 0 aliphatic carbocycles. The van der Waals surface area contributed by atoms with Crippen LogP contribution < -0.4 is 5.32 Å². The molecule has 18 heavy (non-hydrogen) atoms. The molecule has 1 aliphatic heterocycles. The maximum absolute atomic E-state index is 13.1. The Morgan fingerprint density at radius 1 is 1.17 bits per heavy atom. The van der Waals surface area contributed by atoms with E-state index in [0.29, 0.717) is 11.6 Å². The molecule has 1 aromatic carbocycles. The van der Waals surface area contributed by atoms with Crippen molar-refractivity contribution in [3.8, 4) is 0 Å². The Kier molecular flexibility index (Phi) is 4.17. The smallest absolute Gasteiger partial charge is 0.128 e. The van der Waals surface area contributed by atoms with Crippen molar-refractivity contribution >= 4 is 5.69 Å².